The third-order valence-corrected chi connectivity index (χ3v) is 10.6. The summed E-state index contributed by atoms with van der Waals surface area (Å²) in [6.45, 7) is 0. The van der Waals surface area contributed by atoms with Crippen molar-refractivity contribution in [2.75, 3.05) is 0 Å². The van der Waals surface area contributed by atoms with E-state index in [0.717, 1.165) is 17.1 Å². The predicted octanol–water partition coefficient (Wildman–Crippen LogP) is 12.6. The van der Waals surface area contributed by atoms with E-state index in [1.54, 1.807) is 0 Å². The van der Waals surface area contributed by atoms with Crippen LogP contribution in [-0.4, -0.2) is 13.7 Å². The van der Waals surface area contributed by atoms with Crippen molar-refractivity contribution in [3.05, 3.63) is 188 Å². The van der Waals surface area contributed by atoms with Crippen LogP contribution in [0.25, 0.3) is 93.6 Å². The van der Waals surface area contributed by atoms with Crippen LogP contribution in [0.15, 0.2) is 188 Å². The molecule has 0 saturated heterocycles. The molecule has 0 fully saturated rings. The van der Waals surface area contributed by atoms with Crippen LogP contribution in [0.4, 0.5) is 0 Å². The molecule has 0 bridgehead atoms. The van der Waals surface area contributed by atoms with Crippen molar-refractivity contribution >= 4 is 65.4 Å². The van der Waals surface area contributed by atoms with E-state index >= 15 is 0 Å². The molecular weight excluding hydrogens is 619 g/mol. The number of fused-ring (bicyclic) bond motifs is 9. The van der Waals surface area contributed by atoms with E-state index in [1.807, 2.05) is 0 Å². The average molecular weight is 650 g/mol. The number of aromatic nitrogens is 3. The van der Waals surface area contributed by atoms with Crippen LogP contribution in [0.2, 0.25) is 0 Å². The SMILES string of the molecule is c1ccc(-n2c3ccccc3c3cccc(-c4ccc5c(c4)c4ccccc4n5-c4cccc(-n5c6ccccc6c6ccccc65)c4)c32)cc1. The first-order chi connectivity index (χ1) is 25.3. The minimum Gasteiger partial charge on any atom is -0.309 e. The van der Waals surface area contributed by atoms with Crippen molar-refractivity contribution < 1.29 is 0 Å². The number of rotatable bonds is 4. The van der Waals surface area contributed by atoms with Crippen molar-refractivity contribution in [3.8, 4) is 28.2 Å². The molecule has 0 N–H and O–H groups in total. The molecule has 0 radical (unpaired) electrons. The Morgan fingerprint density at radius 1 is 0.255 bits per heavy atom. The molecule has 0 spiro atoms. The number of benzene rings is 8. The molecule has 0 aliphatic carbocycles. The minimum absolute atomic E-state index is 1.14. The van der Waals surface area contributed by atoms with Crippen LogP contribution < -0.4 is 0 Å². The van der Waals surface area contributed by atoms with Crippen molar-refractivity contribution in [1.29, 1.82) is 0 Å². The maximum Gasteiger partial charge on any atom is 0.0619 e. The molecule has 8 aromatic carbocycles. The molecule has 3 heterocycles. The van der Waals surface area contributed by atoms with Gasteiger partial charge >= 0.3 is 0 Å². The van der Waals surface area contributed by atoms with Gasteiger partial charge in [-0.3, -0.25) is 0 Å². The zero-order valence-corrected chi connectivity index (χ0v) is 27.7. The van der Waals surface area contributed by atoms with Crippen LogP contribution in [0, 0.1) is 0 Å². The monoisotopic (exact) mass is 649 g/mol. The molecule has 3 nitrogen and oxygen atoms in total. The highest BCUT2D eigenvalue weighted by atomic mass is 15.0. The Kier molecular flexibility index (Phi) is 5.96. The molecule has 0 amide bonds. The van der Waals surface area contributed by atoms with Crippen LogP contribution in [0.5, 0.6) is 0 Å². The lowest BCUT2D eigenvalue weighted by Gasteiger charge is -2.13. The second-order valence-corrected chi connectivity index (χ2v) is 13.4. The smallest absolute Gasteiger partial charge is 0.0619 e. The van der Waals surface area contributed by atoms with Gasteiger partial charge in [0.2, 0.25) is 0 Å². The lowest BCUT2D eigenvalue weighted by Crippen LogP contribution is -1.98. The molecule has 11 aromatic rings. The molecule has 51 heavy (non-hydrogen) atoms. The fraction of sp³-hybridized carbons (Fsp3) is 0. The molecule has 3 aromatic heterocycles. The summed E-state index contributed by atoms with van der Waals surface area (Å²) < 4.78 is 7.24. The van der Waals surface area contributed by atoms with E-state index < -0.39 is 0 Å². The van der Waals surface area contributed by atoms with Crippen molar-refractivity contribution in [2.24, 2.45) is 0 Å². The first-order valence-electron chi connectivity index (χ1n) is 17.5. The maximum atomic E-state index is 2.42. The fourth-order valence-electron chi connectivity index (χ4n) is 8.49. The van der Waals surface area contributed by atoms with E-state index in [-0.39, 0.29) is 0 Å². The second kappa shape index (κ2) is 10.8. The summed E-state index contributed by atoms with van der Waals surface area (Å²) in [6, 6.07) is 68.4. The van der Waals surface area contributed by atoms with Gasteiger partial charge in [0, 0.05) is 54.9 Å². The highest BCUT2D eigenvalue weighted by Gasteiger charge is 2.19. The van der Waals surface area contributed by atoms with Gasteiger partial charge in [0.05, 0.1) is 33.1 Å². The molecule has 3 heteroatoms. The zero-order chi connectivity index (χ0) is 33.5. The molecule has 0 saturated carbocycles. The first-order valence-corrected chi connectivity index (χ1v) is 17.5. The van der Waals surface area contributed by atoms with Gasteiger partial charge < -0.3 is 13.7 Å². The van der Waals surface area contributed by atoms with E-state index in [2.05, 4.69) is 202 Å². The third-order valence-electron chi connectivity index (χ3n) is 10.6. The number of hydrogen-bond acceptors (Lipinski definition) is 0. The van der Waals surface area contributed by atoms with Crippen LogP contribution >= 0.6 is 0 Å². The average Bonchev–Trinajstić information content (AvgIpc) is 3.84. The van der Waals surface area contributed by atoms with Gasteiger partial charge in [-0.25, -0.2) is 0 Å². The molecule has 0 aliphatic rings. The molecular formula is C48H31N3. The van der Waals surface area contributed by atoms with E-state index in [4.69, 9.17) is 0 Å². The second-order valence-electron chi connectivity index (χ2n) is 13.4. The Morgan fingerprint density at radius 3 is 1.29 bits per heavy atom. The van der Waals surface area contributed by atoms with Gasteiger partial charge in [-0.15, -0.1) is 0 Å². The van der Waals surface area contributed by atoms with Gasteiger partial charge in [0.1, 0.15) is 0 Å². The van der Waals surface area contributed by atoms with Crippen molar-refractivity contribution in [3.63, 3.8) is 0 Å². The standard InChI is InChI=1S/C48H31N3/c1-2-14-33(15-3-1)51-46-27-11-6-20-39(46)41-23-13-22-36(48(41)51)32-28-29-47-42(30-32)40-21-7-10-26-45(40)50(47)35-17-12-16-34(31-35)49-43-24-8-4-18-37(43)38-19-5-9-25-44(38)49/h1-31H. The quantitative estimate of drug-likeness (QED) is 0.180. The van der Waals surface area contributed by atoms with Crippen LogP contribution in [0.1, 0.15) is 0 Å². The van der Waals surface area contributed by atoms with Gasteiger partial charge in [0.15, 0.2) is 0 Å². The Morgan fingerprint density at radius 2 is 0.686 bits per heavy atom. The summed E-state index contributed by atoms with van der Waals surface area (Å²) in [6.07, 6.45) is 0. The van der Waals surface area contributed by atoms with Crippen molar-refractivity contribution in [1.82, 2.24) is 13.7 Å². The van der Waals surface area contributed by atoms with Gasteiger partial charge in [0.25, 0.3) is 0 Å². The third kappa shape index (κ3) is 4.06. The summed E-state index contributed by atoms with van der Waals surface area (Å²) in [4.78, 5) is 0. The van der Waals surface area contributed by atoms with Gasteiger partial charge in [-0.05, 0) is 72.3 Å². The van der Waals surface area contributed by atoms with Crippen LogP contribution in [-0.2, 0) is 0 Å². The normalized spacial score (nSPS) is 11.9. The highest BCUT2D eigenvalue weighted by Crippen LogP contribution is 2.41. The summed E-state index contributed by atoms with van der Waals surface area (Å²) in [5, 5.41) is 7.54. The predicted molar refractivity (Wildman–Crippen MR) is 215 cm³/mol. The largest absolute Gasteiger partial charge is 0.309 e. The Hall–Kier alpha value is -6.84. The summed E-state index contributed by atoms with van der Waals surface area (Å²) in [5.41, 5.74) is 13.1. The van der Waals surface area contributed by atoms with Gasteiger partial charge in [-0.2, -0.15) is 0 Å². The summed E-state index contributed by atoms with van der Waals surface area (Å²) in [5.74, 6) is 0. The lowest BCUT2D eigenvalue weighted by molar-refractivity contribution is 1.13. The number of hydrogen-bond donors (Lipinski definition) is 0. The molecule has 11 rings (SSSR count). The number of nitrogens with zero attached hydrogens (tertiary/aromatic N) is 3. The number of para-hydroxylation sites is 6. The lowest BCUT2D eigenvalue weighted by atomic mass is 10.00. The Labute approximate surface area is 294 Å². The van der Waals surface area contributed by atoms with E-state index in [9.17, 15) is 0 Å². The Balaban J connectivity index is 1.14. The zero-order valence-electron chi connectivity index (χ0n) is 27.7. The maximum absolute atomic E-state index is 2.42. The molecule has 0 aliphatic heterocycles. The first kappa shape index (κ1) is 28.0. The minimum atomic E-state index is 1.14. The molecule has 238 valence electrons. The highest BCUT2D eigenvalue weighted by molar-refractivity contribution is 6.16. The summed E-state index contributed by atoms with van der Waals surface area (Å²) in [7, 11) is 0. The summed E-state index contributed by atoms with van der Waals surface area (Å²) >= 11 is 0. The Bertz CT molecular complexity index is 3080. The van der Waals surface area contributed by atoms with Crippen LogP contribution in [0.3, 0.4) is 0 Å². The van der Waals surface area contributed by atoms with E-state index in [0.29, 0.717) is 0 Å². The fourth-order valence-corrected chi connectivity index (χ4v) is 8.49. The molecule has 0 atom stereocenters. The van der Waals surface area contributed by atoms with E-state index in [1.165, 1.54) is 76.5 Å². The van der Waals surface area contributed by atoms with Crippen molar-refractivity contribution in [2.45, 2.75) is 0 Å². The van der Waals surface area contributed by atoms with Gasteiger partial charge in [-0.1, -0.05) is 121 Å². The topological polar surface area (TPSA) is 14.8 Å². The molecule has 0 unspecified atom stereocenters.